The lowest BCUT2D eigenvalue weighted by molar-refractivity contribution is 0.102. The van der Waals surface area contributed by atoms with Crippen molar-refractivity contribution >= 4 is 17.3 Å². The Balaban J connectivity index is 2.28. The predicted octanol–water partition coefficient (Wildman–Crippen LogP) is 2.57. The van der Waals surface area contributed by atoms with Gasteiger partial charge in [-0.3, -0.25) is 4.79 Å². The number of anilines is 2. The van der Waals surface area contributed by atoms with Crippen LogP contribution in [0.3, 0.4) is 0 Å². The maximum atomic E-state index is 12.2. The van der Waals surface area contributed by atoms with Crippen molar-refractivity contribution in [2.45, 2.75) is 6.92 Å². The number of nitrogen functional groups attached to an aromatic ring is 1. The molecule has 0 aliphatic rings. The number of nitriles is 2. The third kappa shape index (κ3) is 3.17. The number of hydrogen-bond acceptors (Lipinski definition) is 4. The number of amides is 1. The van der Waals surface area contributed by atoms with E-state index in [4.69, 9.17) is 16.3 Å². The summed E-state index contributed by atoms with van der Waals surface area (Å²) in [6, 6.07) is 13.5. The molecule has 0 saturated heterocycles. The van der Waals surface area contributed by atoms with Crippen LogP contribution in [0.1, 0.15) is 27.0 Å². The van der Waals surface area contributed by atoms with Gasteiger partial charge in [-0.1, -0.05) is 0 Å². The Morgan fingerprint density at radius 3 is 2.43 bits per heavy atom. The number of nitrogens with two attached hydrogens (primary N) is 1. The van der Waals surface area contributed by atoms with E-state index >= 15 is 0 Å². The molecule has 5 nitrogen and oxygen atoms in total. The van der Waals surface area contributed by atoms with Gasteiger partial charge in [-0.2, -0.15) is 10.5 Å². The van der Waals surface area contributed by atoms with Gasteiger partial charge in [0.05, 0.1) is 11.1 Å². The molecule has 5 heteroatoms. The van der Waals surface area contributed by atoms with E-state index in [2.05, 4.69) is 5.32 Å². The number of carbonyl (C=O) groups excluding carboxylic acids is 1. The minimum absolute atomic E-state index is 0.221. The number of aryl methyl sites for hydroxylation is 1. The second-order valence-electron chi connectivity index (χ2n) is 4.57. The van der Waals surface area contributed by atoms with Crippen molar-refractivity contribution in [1.29, 1.82) is 10.5 Å². The summed E-state index contributed by atoms with van der Waals surface area (Å²) in [6.45, 7) is 1.85. The molecule has 0 atom stereocenters. The molecule has 0 unspecified atom stereocenters. The van der Waals surface area contributed by atoms with Crippen LogP contribution in [-0.4, -0.2) is 5.91 Å². The van der Waals surface area contributed by atoms with Crippen molar-refractivity contribution in [3.63, 3.8) is 0 Å². The first-order chi connectivity index (χ1) is 10.0. The highest BCUT2D eigenvalue weighted by Crippen LogP contribution is 2.17. The van der Waals surface area contributed by atoms with Gasteiger partial charge < -0.3 is 11.1 Å². The molecule has 102 valence electrons. The Hall–Kier alpha value is -3.31. The van der Waals surface area contributed by atoms with E-state index in [1.54, 1.807) is 24.3 Å². The largest absolute Gasteiger partial charge is 0.399 e. The summed E-state index contributed by atoms with van der Waals surface area (Å²) < 4.78 is 0. The quantitative estimate of drug-likeness (QED) is 0.823. The molecule has 3 N–H and O–H groups in total. The number of benzene rings is 2. The molecule has 0 fully saturated rings. The summed E-state index contributed by atoms with van der Waals surface area (Å²) in [5, 5.41) is 20.5. The van der Waals surface area contributed by atoms with E-state index in [1.165, 1.54) is 12.1 Å². The lowest BCUT2D eigenvalue weighted by Crippen LogP contribution is -2.12. The second-order valence-corrected chi connectivity index (χ2v) is 4.57. The van der Waals surface area contributed by atoms with Crippen molar-refractivity contribution in [2.24, 2.45) is 0 Å². The van der Waals surface area contributed by atoms with Crippen LogP contribution in [0, 0.1) is 29.6 Å². The standard InChI is InChI=1S/C16H12N4O/c1-10-4-12(6-14(19)5-10)16(21)20-15-3-2-11(8-17)13(7-15)9-18/h2-7H,19H2,1H3,(H,20,21). The van der Waals surface area contributed by atoms with Gasteiger partial charge in [0.2, 0.25) is 0 Å². The monoisotopic (exact) mass is 276 g/mol. The smallest absolute Gasteiger partial charge is 0.255 e. The lowest BCUT2D eigenvalue weighted by Gasteiger charge is -2.08. The number of hydrogen-bond donors (Lipinski definition) is 2. The summed E-state index contributed by atoms with van der Waals surface area (Å²) in [7, 11) is 0. The van der Waals surface area contributed by atoms with Gasteiger partial charge in [-0.05, 0) is 48.9 Å². The molecule has 0 saturated carbocycles. The average molecular weight is 276 g/mol. The third-order valence-corrected chi connectivity index (χ3v) is 2.88. The van der Waals surface area contributed by atoms with Crippen LogP contribution in [-0.2, 0) is 0 Å². The van der Waals surface area contributed by atoms with Crippen molar-refractivity contribution in [2.75, 3.05) is 11.1 Å². The molecule has 0 aliphatic carbocycles. The Bertz CT molecular complexity index is 777. The average Bonchev–Trinajstić information content (AvgIpc) is 2.46. The summed E-state index contributed by atoms with van der Waals surface area (Å²) in [5.74, 6) is -0.320. The summed E-state index contributed by atoms with van der Waals surface area (Å²) in [5.41, 5.74) is 8.50. The van der Waals surface area contributed by atoms with E-state index < -0.39 is 0 Å². The van der Waals surface area contributed by atoms with Gasteiger partial charge in [-0.25, -0.2) is 0 Å². The van der Waals surface area contributed by atoms with Gasteiger partial charge in [0.25, 0.3) is 5.91 Å². The zero-order chi connectivity index (χ0) is 15.4. The third-order valence-electron chi connectivity index (χ3n) is 2.88. The van der Waals surface area contributed by atoms with E-state index in [0.29, 0.717) is 16.9 Å². The minimum Gasteiger partial charge on any atom is -0.399 e. The first kappa shape index (κ1) is 14.1. The number of nitrogens with one attached hydrogen (secondary N) is 1. The highest BCUT2D eigenvalue weighted by Gasteiger charge is 2.09. The highest BCUT2D eigenvalue weighted by atomic mass is 16.1. The second kappa shape index (κ2) is 5.77. The fourth-order valence-corrected chi connectivity index (χ4v) is 1.96. The zero-order valence-electron chi connectivity index (χ0n) is 11.3. The van der Waals surface area contributed by atoms with Gasteiger partial charge in [-0.15, -0.1) is 0 Å². The SMILES string of the molecule is Cc1cc(N)cc(C(=O)Nc2ccc(C#N)c(C#N)c2)c1. The summed E-state index contributed by atoms with van der Waals surface area (Å²) in [6.07, 6.45) is 0. The fraction of sp³-hybridized carbons (Fsp3) is 0.0625. The molecule has 2 rings (SSSR count). The molecule has 0 bridgehead atoms. The van der Waals surface area contributed by atoms with Crippen LogP contribution in [0.2, 0.25) is 0 Å². The molecule has 0 radical (unpaired) electrons. The van der Waals surface area contributed by atoms with Crippen LogP contribution in [0.4, 0.5) is 11.4 Å². The maximum absolute atomic E-state index is 12.2. The topological polar surface area (TPSA) is 103 Å². The lowest BCUT2D eigenvalue weighted by atomic mass is 10.1. The molecule has 0 aliphatic heterocycles. The first-order valence-corrected chi connectivity index (χ1v) is 6.16. The Morgan fingerprint density at radius 2 is 1.81 bits per heavy atom. The number of rotatable bonds is 2. The van der Waals surface area contributed by atoms with Gasteiger partial charge in [0.1, 0.15) is 12.1 Å². The van der Waals surface area contributed by atoms with Crippen molar-refractivity contribution in [3.8, 4) is 12.1 Å². The van der Waals surface area contributed by atoms with Crippen LogP contribution >= 0.6 is 0 Å². The molecule has 2 aromatic rings. The van der Waals surface area contributed by atoms with Crippen LogP contribution in [0.25, 0.3) is 0 Å². The normalized spacial score (nSPS) is 9.48. The van der Waals surface area contributed by atoms with Gasteiger partial charge >= 0.3 is 0 Å². The van der Waals surface area contributed by atoms with Gasteiger partial charge in [0.15, 0.2) is 0 Å². The number of carbonyl (C=O) groups is 1. The zero-order valence-corrected chi connectivity index (χ0v) is 11.3. The van der Waals surface area contributed by atoms with Gasteiger partial charge in [0, 0.05) is 16.9 Å². The molecule has 0 spiro atoms. The molecule has 0 aromatic heterocycles. The Labute approximate surface area is 122 Å². The van der Waals surface area contributed by atoms with E-state index in [9.17, 15) is 4.79 Å². The van der Waals surface area contributed by atoms with Crippen molar-refractivity contribution < 1.29 is 4.79 Å². The molecular formula is C16H12N4O. The highest BCUT2D eigenvalue weighted by molar-refractivity contribution is 6.05. The van der Waals surface area contributed by atoms with E-state index in [-0.39, 0.29) is 17.0 Å². The Kier molecular flexibility index (Phi) is 3.87. The molecule has 0 heterocycles. The van der Waals surface area contributed by atoms with Crippen molar-refractivity contribution in [3.05, 3.63) is 58.7 Å². The van der Waals surface area contributed by atoms with Crippen LogP contribution in [0.15, 0.2) is 36.4 Å². The van der Waals surface area contributed by atoms with Crippen molar-refractivity contribution in [1.82, 2.24) is 0 Å². The minimum atomic E-state index is -0.320. The van der Waals surface area contributed by atoms with Crippen LogP contribution < -0.4 is 11.1 Å². The predicted molar refractivity (Wildman–Crippen MR) is 79.4 cm³/mol. The maximum Gasteiger partial charge on any atom is 0.255 e. The summed E-state index contributed by atoms with van der Waals surface area (Å²) in [4.78, 5) is 12.2. The van der Waals surface area contributed by atoms with Crippen LogP contribution in [0.5, 0.6) is 0 Å². The molecule has 21 heavy (non-hydrogen) atoms. The van der Waals surface area contributed by atoms with E-state index in [0.717, 1.165) is 5.56 Å². The first-order valence-electron chi connectivity index (χ1n) is 6.16. The fourth-order valence-electron chi connectivity index (χ4n) is 1.96. The molecule has 1 amide bonds. The summed E-state index contributed by atoms with van der Waals surface area (Å²) >= 11 is 0. The molecular weight excluding hydrogens is 264 g/mol. The molecule has 2 aromatic carbocycles. The number of nitrogens with zero attached hydrogens (tertiary/aromatic N) is 2. The Morgan fingerprint density at radius 1 is 1.10 bits per heavy atom. The van der Waals surface area contributed by atoms with E-state index in [1.807, 2.05) is 19.1 Å².